The molecule has 1 saturated carbocycles. The number of hydrogen-bond donors (Lipinski definition) is 0. The normalized spacial score (nSPS) is 18.6. The predicted molar refractivity (Wildman–Crippen MR) is 268 cm³/mol. The maximum atomic E-state index is 12.8. The first-order valence-corrected chi connectivity index (χ1v) is 26.2. The van der Waals surface area contributed by atoms with Gasteiger partial charge in [0.2, 0.25) is 0 Å². The Bertz CT molecular complexity index is 2030. The Morgan fingerprint density at radius 1 is 0.500 bits per heavy atom. The summed E-state index contributed by atoms with van der Waals surface area (Å²) in [6.45, 7) is 9.70. The summed E-state index contributed by atoms with van der Waals surface area (Å²) in [6.07, 6.45) is 28.8. The summed E-state index contributed by atoms with van der Waals surface area (Å²) in [7, 11) is 0. The third-order valence-electron chi connectivity index (χ3n) is 13.8. The molecule has 7 heteroatoms. The Kier molecular flexibility index (Phi) is 21.3. The van der Waals surface area contributed by atoms with Crippen molar-refractivity contribution < 1.29 is 33.3 Å². The number of carbonyl (C=O) groups is 2. The topological polar surface area (TPSA) is 80.3 Å². The average molecular weight is 901 g/mol. The lowest BCUT2D eigenvalue weighted by Crippen LogP contribution is -2.26. The van der Waals surface area contributed by atoms with Gasteiger partial charge in [-0.05, 0) is 166 Å². The zero-order chi connectivity index (χ0) is 46.4. The van der Waals surface area contributed by atoms with Crippen molar-refractivity contribution in [3.63, 3.8) is 0 Å². The Morgan fingerprint density at radius 3 is 1.61 bits per heavy atom. The molecule has 0 saturated heterocycles. The molecule has 0 bridgehead atoms. The van der Waals surface area contributed by atoms with E-state index in [0.717, 1.165) is 104 Å². The first kappa shape index (κ1) is 50.6. The maximum Gasteiger partial charge on any atom is 0.343 e. The zero-order valence-electron chi connectivity index (χ0n) is 40.9. The minimum Gasteiger partial charge on any atom is -0.494 e. The molecule has 7 nitrogen and oxygen atoms in total. The van der Waals surface area contributed by atoms with Crippen LogP contribution in [-0.4, -0.2) is 30.8 Å². The van der Waals surface area contributed by atoms with Gasteiger partial charge in [0.1, 0.15) is 28.7 Å². The van der Waals surface area contributed by atoms with Crippen molar-refractivity contribution in [1.82, 2.24) is 0 Å². The lowest BCUT2D eigenvalue weighted by molar-refractivity contribution is -0.140. The van der Waals surface area contributed by atoms with Gasteiger partial charge >= 0.3 is 11.9 Å². The predicted octanol–water partition coefficient (Wildman–Crippen LogP) is 16.1. The highest BCUT2D eigenvalue weighted by Crippen LogP contribution is 2.36. The summed E-state index contributed by atoms with van der Waals surface area (Å²) in [4.78, 5) is 25.3. The number of esters is 2. The van der Waals surface area contributed by atoms with E-state index in [9.17, 15) is 9.59 Å². The van der Waals surface area contributed by atoms with Crippen LogP contribution in [0.1, 0.15) is 190 Å². The number of aryl methyl sites for hydroxylation is 2. The molecule has 2 atom stereocenters. The second kappa shape index (κ2) is 27.8. The molecular formula is C59H80O7. The average Bonchev–Trinajstić information content (AvgIpc) is 3.35. The van der Waals surface area contributed by atoms with E-state index in [-0.39, 0.29) is 17.9 Å². The van der Waals surface area contributed by atoms with Crippen LogP contribution in [0.4, 0.5) is 0 Å². The van der Waals surface area contributed by atoms with Crippen LogP contribution in [0.5, 0.6) is 28.7 Å². The van der Waals surface area contributed by atoms with Crippen LogP contribution in [0.2, 0.25) is 0 Å². The second-order valence-corrected chi connectivity index (χ2v) is 19.1. The first-order chi connectivity index (χ1) is 32.3. The molecule has 358 valence electrons. The molecule has 66 heavy (non-hydrogen) atoms. The number of fused-ring (bicyclic) bond motifs is 2. The number of hydrogen-bond acceptors (Lipinski definition) is 7. The maximum absolute atomic E-state index is 12.8. The Labute approximate surface area is 397 Å². The number of rotatable bonds is 23. The fourth-order valence-electron chi connectivity index (χ4n) is 9.68. The van der Waals surface area contributed by atoms with E-state index in [0.29, 0.717) is 29.3 Å². The number of carbonyl (C=O) groups excluding carboxylic acids is 2. The van der Waals surface area contributed by atoms with Crippen molar-refractivity contribution >= 4 is 11.9 Å². The van der Waals surface area contributed by atoms with Crippen LogP contribution in [0.25, 0.3) is 11.1 Å². The molecule has 2 unspecified atom stereocenters. The molecule has 2 heterocycles. The molecule has 7 rings (SSSR count). The summed E-state index contributed by atoms with van der Waals surface area (Å²) in [5.74, 6) is 4.53. The summed E-state index contributed by atoms with van der Waals surface area (Å²) in [6, 6.07) is 27.3. The van der Waals surface area contributed by atoms with Gasteiger partial charge in [-0.2, -0.15) is 0 Å². The van der Waals surface area contributed by atoms with E-state index in [1.807, 2.05) is 72.8 Å². The fourth-order valence-corrected chi connectivity index (χ4v) is 9.68. The van der Waals surface area contributed by atoms with Crippen molar-refractivity contribution in [1.29, 1.82) is 0 Å². The van der Waals surface area contributed by atoms with E-state index in [1.165, 1.54) is 102 Å². The largest absolute Gasteiger partial charge is 0.494 e. The monoisotopic (exact) mass is 901 g/mol. The molecule has 0 radical (unpaired) electrons. The Morgan fingerprint density at radius 2 is 1.02 bits per heavy atom. The van der Waals surface area contributed by atoms with Crippen molar-refractivity contribution in [3.05, 3.63) is 102 Å². The smallest absolute Gasteiger partial charge is 0.343 e. The lowest BCUT2D eigenvalue weighted by Gasteiger charge is -2.28. The van der Waals surface area contributed by atoms with Gasteiger partial charge in [-0.1, -0.05) is 129 Å². The molecule has 4 aromatic rings. The van der Waals surface area contributed by atoms with Gasteiger partial charge in [0.05, 0.1) is 30.3 Å². The number of benzene rings is 4. The molecule has 1 aliphatic carbocycles. The molecule has 0 N–H and O–H groups in total. The van der Waals surface area contributed by atoms with Crippen LogP contribution in [0.15, 0.2) is 84.9 Å². The van der Waals surface area contributed by atoms with E-state index >= 15 is 0 Å². The van der Waals surface area contributed by atoms with E-state index in [1.54, 1.807) is 0 Å². The Balaban J connectivity index is 0.000000239. The van der Waals surface area contributed by atoms with Crippen LogP contribution in [0.3, 0.4) is 0 Å². The van der Waals surface area contributed by atoms with E-state index in [4.69, 9.17) is 23.7 Å². The fraction of sp³-hybridized carbons (Fsp3) is 0.559. The highest BCUT2D eigenvalue weighted by molar-refractivity contribution is 5.91. The van der Waals surface area contributed by atoms with Crippen molar-refractivity contribution in [2.75, 3.05) is 6.61 Å². The van der Waals surface area contributed by atoms with Crippen LogP contribution in [-0.2, 0) is 17.6 Å². The van der Waals surface area contributed by atoms with Crippen LogP contribution >= 0.6 is 0 Å². The van der Waals surface area contributed by atoms with Crippen LogP contribution in [0, 0.1) is 11.8 Å². The molecule has 1 fully saturated rings. The van der Waals surface area contributed by atoms with Gasteiger partial charge in [0, 0.05) is 0 Å². The number of unbranched alkanes of at least 4 members (excludes halogenated alkanes) is 9. The quantitative estimate of drug-likeness (QED) is 0.0417. The van der Waals surface area contributed by atoms with E-state index in [2.05, 4.69) is 39.8 Å². The summed E-state index contributed by atoms with van der Waals surface area (Å²) < 4.78 is 29.6. The minimum atomic E-state index is -0.351. The summed E-state index contributed by atoms with van der Waals surface area (Å²) in [5.41, 5.74) is 4.96. The molecule has 4 aromatic carbocycles. The SMILES string of the molecule is CCCCC1CCc2cc(OC(=O)C3CCC(CCC)CC3)ccc2O1.CCCCCCCCOc1ccc(-c2ccc(C(=O)Oc3ccc4c(c3)CCC(CCCCCC)O4)cc2)cc1. The van der Waals surface area contributed by atoms with E-state index < -0.39 is 0 Å². The molecule has 0 spiro atoms. The third kappa shape index (κ3) is 16.2. The molecule has 2 aliphatic heterocycles. The molecule has 0 aromatic heterocycles. The Hall–Kier alpha value is -4.78. The first-order valence-electron chi connectivity index (χ1n) is 26.2. The lowest BCUT2D eigenvalue weighted by atomic mass is 9.80. The van der Waals surface area contributed by atoms with Crippen LogP contribution < -0.4 is 23.7 Å². The number of ether oxygens (including phenoxy) is 5. The van der Waals surface area contributed by atoms with Gasteiger partial charge in [-0.3, -0.25) is 4.79 Å². The zero-order valence-corrected chi connectivity index (χ0v) is 40.9. The van der Waals surface area contributed by atoms with Crippen molar-refractivity contribution in [2.45, 2.75) is 194 Å². The van der Waals surface area contributed by atoms with Gasteiger partial charge in [-0.25, -0.2) is 4.79 Å². The van der Waals surface area contributed by atoms with Gasteiger partial charge in [-0.15, -0.1) is 0 Å². The second-order valence-electron chi connectivity index (χ2n) is 19.1. The molecule has 3 aliphatic rings. The standard InChI is InChI=1S/C36H46O4.C23H34O3/c1-3-5-7-9-10-12-26-38-32-21-18-29(19-22-32)28-14-16-30(17-15-28)36(37)40-34-24-25-35-31(27-34)20-23-33(39-35)13-11-8-6-4-2;1-3-5-7-20-13-12-19-16-21(14-15-22(19)25-20)26-23(24)18-10-8-17(6-4-2)9-11-18/h14-19,21-22,24-25,27,33H,3-13,20,23,26H2,1-2H3;14-18,20H,3-13H2,1-2H3. The highest BCUT2D eigenvalue weighted by atomic mass is 16.5. The molecular weight excluding hydrogens is 821 g/mol. The third-order valence-corrected chi connectivity index (χ3v) is 13.8. The van der Waals surface area contributed by atoms with Crippen molar-refractivity contribution in [2.24, 2.45) is 11.8 Å². The summed E-state index contributed by atoms with van der Waals surface area (Å²) in [5, 5.41) is 0. The van der Waals surface area contributed by atoms with Gasteiger partial charge in [0.25, 0.3) is 0 Å². The van der Waals surface area contributed by atoms with Gasteiger partial charge in [0.15, 0.2) is 0 Å². The van der Waals surface area contributed by atoms with Crippen molar-refractivity contribution in [3.8, 4) is 39.9 Å². The summed E-state index contributed by atoms with van der Waals surface area (Å²) >= 11 is 0. The van der Waals surface area contributed by atoms with Gasteiger partial charge < -0.3 is 23.7 Å². The highest BCUT2D eigenvalue weighted by Gasteiger charge is 2.28. The molecule has 0 amide bonds. The minimum absolute atomic E-state index is 0.0440.